The van der Waals surface area contributed by atoms with Gasteiger partial charge >= 0.3 is 5.97 Å². The molecule has 0 aromatic heterocycles. The number of cyclic esters (lactones) is 1. The average molecular weight is 392 g/mol. The van der Waals surface area contributed by atoms with Gasteiger partial charge in [0.05, 0.1) is 12.2 Å². The molecule has 0 bridgehead atoms. The minimum Gasteiger partial charge on any atom is -0.493 e. The van der Waals surface area contributed by atoms with Crippen molar-refractivity contribution < 1.29 is 19.1 Å². The van der Waals surface area contributed by atoms with E-state index in [1.54, 1.807) is 6.07 Å². The van der Waals surface area contributed by atoms with Gasteiger partial charge in [0.25, 0.3) is 5.91 Å². The third-order valence-corrected chi connectivity index (χ3v) is 6.01. The van der Waals surface area contributed by atoms with E-state index in [4.69, 9.17) is 9.47 Å². The van der Waals surface area contributed by atoms with E-state index in [9.17, 15) is 9.59 Å². The number of piperazine rings is 1. The van der Waals surface area contributed by atoms with Crippen LogP contribution in [0.5, 0.6) is 5.75 Å². The fourth-order valence-electron chi connectivity index (χ4n) is 4.40. The number of fused-ring (bicyclic) bond motifs is 2. The Balaban J connectivity index is 1.18. The molecular weight excluding hydrogens is 368 g/mol. The first kappa shape index (κ1) is 18.2. The third kappa shape index (κ3) is 3.60. The lowest BCUT2D eigenvalue weighted by atomic mass is 9.98. The highest BCUT2D eigenvalue weighted by molar-refractivity contribution is 5.95. The molecule has 0 aliphatic carbocycles. The first-order chi connectivity index (χ1) is 14.2. The number of amides is 1. The van der Waals surface area contributed by atoms with Crippen LogP contribution in [0.4, 0.5) is 0 Å². The summed E-state index contributed by atoms with van der Waals surface area (Å²) in [6.45, 7) is 4.59. The molecule has 3 heterocycles. The van der Waals surface area contributed by atoms with Crippen LogP contribution < -0.4 is 4.74 Å². The van der Waals surface area contributed by atoms with E-state index >= 15 is 0 Å². The van der Waals surface area contributed by atoms with Crippen LogP contribution in [0.25, 0.3) is 0 Å². The molecule has 29 heavy (non-hydrogen) atoms. The minimum absolute atomic E-state index is 0.0813. The van der Waals surface area contributed by atoms with Gasteiger partial charge in [-0.25, -0.2) is 4.79 Å². The molecule has 3 aliphatic heterocycles. The van der Waals surface area contributed by atoms with Gasteiger partial charge in [-0.15, -0.1) is 0 Å². The predicted molar refractivity (Wildman–Crippen MR) is 107 cm³/mol. The van der Waals surface area contributed by atoms with Crippen molar-refractivity contribution in [2.75, 3.05) is 32.8 Å². The SMILES string of the molecule is O=C1OC(C(=O)N2CCN(Cc3ccc4c(c3)CCO4)CC2)Cc2ccccc21. The molecular formula is C23H24N2O4. The zero-order chi connectivity index (χ0) is 19.8. The topological polar surface area (TPSA) is 59.1 Å². The van der Waals surface area contributed by atoms with Gasteiger partial charge < -0.3 is 14.4 Å². The Bertz CT molecular complexity index is 950. The second-order valence-corrected chi connectivity index (χ2v) is 7.90. The summed E-state index contributed by atoms with van der Waals surface area (Å²) in [7, 11) is 0. The Labute approximate surface area is 170 Å². The number of benzene rings is 2. The van der Waals surface area contributed by atoms with Crippen LogP contribution >= 0.6 is 0 Å². The number of nitrogens with zero attached hydrogens (tertiary/aromatic N) is 2. The summed E-state index contributed by atoms with van der Waals surface area (Å²) in [4.78, 5) is 29.3. The van der Waals surface area contributed by atoms with Crippen LogP contribution in [0, 0.1) is 0 Å². The van der Waals surface area contributed by atoms with Gasteiger partial charge in [-0.05, 0) is 28.8 Å². The zero-order valence-corrected chi connectivity index (χ0v) is 16.3. The van der Waals surface area contributed by atoms with Crippen LogP contribution in [0.15, 0.2) is 42.5 Å². The minimum atomic E-state index is -0.708. The lowest BCUT2D eigenvalue weighted by Gasteiger charge is -2.37. The molecule has 1 amide bonds. The van der Waals surface area contributed by atoms with Crippen LogP contribution in [0.1, 0.15) is 27.0 Å². The Morgan fingerprint density at radius 3 is 2.72 bits per heavy atom. The normalized spacial score (nSPS) is 21.2. The lowest BCUT2D eigenvalue weighted by Crippen LogP contribution is -2.52. The monoisotopic (exact) mass is 392 g/mol. The number of ether oxygens (including phenoxy) is 2. The predicted octanol–water partition coefficient (Wildman–Crippen LogP) is 2.05. The highest BCUT2D eigenvalue weighted by Crippen LogP contribution is 2.27. The number of hydrogen-bond acceptors (Lipinski definition) is 5. The molecule has 1 atom stereocenters. The first-order valence-corrected chi connectivity index (χ1v) is 10.2. The summed E-state index contributed by atoms with van der Waals surface area (Å²) in [5.74, 6) is 0.527. The molecule has 150 valence electrons. The van der Waals surface area contributed by atoms with Crippen LogP contribution in [0.2, 0.25) is 0 Å². The largest absolute Gasteiger partial charge is 0.493 e. The Morgan fingerprint density at radius 1 is 1.03 bits per heavy atom. The first-order valence-electron chi connectivity index (χ1n) is 10.2. The quantitative estimate of drug-likeness (QED) is 0.749. The van der Waals surface area contributed by atoms with Crippen molar-refractivity contribution in [3.63, 3.8) is 0 Å². The number of carbonyl (C=O) groups is 2. The number of esters is 1. The maximum absolute atomic E-state index is 12.9. The Kier molecular flexibility index (Phi) is 4.72. The van der Waals surface area contributed by atoms with Crippen molar-refractivity contribution in [3.05, 3.63) is 64.7 Å². The third-order valence-electron chi connectivity index (χ3n) is 6.01. The van der Waals surface area contributed by atoms with Crippen molar-refractivity contribution in [3.8, 4) is 5.75 Å². The summed E-state index contributed by atoms with van der Waals surface area (Å²) in [6, 6.07) is 13.8. The molecule has 0 saturated carbocycles. The summed E-state index contributed by atoms with van der Waals surface area (Å²) in [5, 5.41) is 0. The second-order valence-electron chi connectivity index (χ2n) is 7.90. The van der Waals surface area contributed by atoms with Crippen molar-refractivity contribution >= 4 is 11.9 Å². The van der Waals surface area contributed by atoms with E-state index in [-0.39, 0.29) is 5.91 Å². The second kappa shape index (κ2) is 7.52. The van der Waals surface area contributed by atoms with Crippen molar-refractivity contribution in [2.45, 2.75) is 25.5 Å². The summed E-state index contributed by atoms with van der Waals surface area (Å²) >= 11 is 0. The molecule has 3 aliphatic rings. The number of carbonyl (C=O) groups excluding carboxylic acids is 2. The van der Waals surface area contributed by atoms with Crippen LogP contribution in [0.3, 0.4) is 0 Å². The molecule has 0 spiro atoms. The zero-order valence-electron chi connectivity index (χ0n) is 16.3. The number of rotatable bonds is 3. The van der Waals surface area contributed by atoms with Gasteiger partial charge in [0.15, 0.2) is 6.10 Å². The molecule has 1 unspecified atom stereocenters. The van der Waals surface area contributed by atoms with Crippen molar-refractivity contribution in [1.29, 1.82) is 0 Å². The molecule has 2 aromatic carbocycles. The molecule has 6 nitrogen and oxygen atoms in total. The highest BCUT2D eigenvalue weighted by atomic mass is 16.5. The molecule has 1 saturated heterocycles. The van der Waals surface area contributed by atoms with E-state index in [0.29, 0.717) is 25.1 Å². The molecule has 6 heteroatoms. The van der Waals surface area contributed by atoms with Gasteiger partial charge in [-0.1, -0.05) is 30.3 Å². The maximum Gasteiger partial charge on any atom is 0.339 e. The van der Waals surface area contributed by atoms with Gasteiger partial charge in [0.1, 0.15) is 5.75 Å². The van der Waals surface area contributed by atoms with Crippen LogP contribution in [-0.2, 0) is 28.9 Å². The standard InChI is InChI=1S/C23H24N2O4/c26-22(21-14-17-3-1-2-4-19(17)23(27)29-21)25-10-8-24(9-11-25)15-16-5-6-20-18(13-16)7-12-28-20/h1-6,13,21H,7-12,14-15H2. The van der Waals surface area contributed by atoms with E-state index in [2.05, 4.69) is 23.1 Å². The summed E-state index contributed by atoms with van der Waals surface area (Å²) in [6.07, 6.45) is 0.730. The van der Waals surface area contributed by atoms with E-state index in [1.807, 2.05) is 23.1 Å². The Morgan fingerprint density at radius 2 is 1.86 bits per heavy atom. The van der Waals surface area contributed by atoms with Gasteiger partial charge in [0, 0.05) is 45.6 Å². The van der Waals surface area contributed by atoms with Crippen molar-refractivity contribution in [2.24, 2.45) is 0 Å². The highest BCUT2D eigenvalue weighted by Gasteiger charge is 2.34. The molecule has 5 rings (SSSR count). The van der Waals surface area contributed by atoms with Crippen molar-refractivity contribution in [1.82, 2.24) is 9.80 Å². The molecule has 2 aromatic rings. The lowest BCUT2D eigenvalue weighted by molar-refractivity contribution is -0.142. The fourth-order valence-corrected chi connectivity index (χ4v) is 4.40. The molecule has 1 fully saturated rings. The maximum atomic E-state index is 12.9. The summed E-state index contributed by atoms with van der Waals surface area (Å²) in [5.41, 5.74) is 4.03. The van der Waals surface area contributed by atoms with E-state index in [0.717, 1.165) is 44.0 Å². The Hall–Kier alpha value is -2.86. The van der Waals surface area contributed by atoms with E-state index < -0.39 is 12.1 Å². The van der Waals surface area contributed by atoms with E-state index in [1.165, 1.54) is 11.1 Å². The smallest absolute Gasteiger partial charge is 0.339 e. The number of hydrogen-bond donors (Lipinski definition) is 0. The van der Waals surface area contributed by atoms with Gasteiger partial charge in [-0.3, -0.25) is 9.69 Å². The fraction of sp³-hybridized carbons (Fsp3) is 0.391. The average Bonchev–Trinajstić information content (AvgIpc) is 3.22. The van der Waals surface area contributed by atoms with Crippen LogP contribution in [-0.4, -0.2) is 60.6 Å². The van der Waals surface area contributed by atoms with Gasteiger partial charge in [-0.2, -0.15) is 0 Å². The molecule has 0 radical (unpaired) electrons. The summed E-state index contributed by atoms with van der Waals surface area (Å²) < 4.78 is 11.0. The molecule has 0 N–H and O–H groups in total. The van der Waals surface area contributed by atoms with Gasteiger partial charge in [0.2, 0.25) is 0 Å².